The lowest BCUT2D eigenvalue weighted by Crippen LogP contribution is -2.13. The second-order valence-corrected chi connectivity index (χ2v) is 5.15. The molecule has 0 atom stereocenters. The number of hydrogen-bond donors (Lipinski definition) is 3. The number of phenols is 1. The van der Waals surface area contributed by atoms with Crippen molar-refractivity contribution in [3.05, 3.63) is 47.0 Å². The number of anilines is 2. The van der Waals surface area contributed by atoms with E-state index in [9.17, 15) is 14.7 Å². The molecule has 2 rings (SSSR count). The molecule has 2 amide bonds. The molecule has 7 heteroatoms. The van der Waals surface area contributed by atoms with Gasteiger partial charge >= 0.3 is 0 Å². The molecule has 0 heterocycles. The van der Waals surface area contributed by atoms with Gasteiger partial charge in [0, 0.05) is 17.6 Å². The second-order valence-electron chi connectivity index (χ2n) is 4.71. The number of carbonyl (C=O) groups is 2. The van der Waals surface area contributed by atoms with Gasteiger partial charge in [0.15, 0.2) is 0 Å². The second kappa shape index (κ2) is 7.02. The van der Waals surface area contributed by atoms with E-state index in [1.54, 1.807) is 18.2 Å². The summed E-state index contributed by atoms with van der Waals surface area (Å²) in [6.45, 7) is 1.38. The standard InChI is InChI=1S/C16H15ClN2O4/c1-9(20)18-11-4-6-15(23-2)13(8-11)19-16(22)12-7-10(17)3-5-14(12)21/h3-8,21H,1-2H3,(H,18,20)(H,19,22). The van der Waals surface area contributed by atoms with Crippen molar-refractivity contribution in [3.63, 3.8) is 0 Å². The maximum Gasteiger partial charge on any atom is 0.259 e. The SMILES string of the molecule is COc1ccc(NC(C)=O)cc1NC(=O)c1cc(Cl)ccc1O. The first-order valence-corrected chi connectivity index (χ1v) is 7.04. The van der Waals surface area contributed by atoms with Crippen LogP contribution in [0.25, 0.3) is 0 Å². The van der Waals surface area contributed by atoms with E-state index in [0.717, 1.165) is 0 Å². The molecule has 2 aromatic carbocycles. The smallest absolute Gasteiger partial charge is 0.259 e. The monoisotopic (exact) mass is 334 g/mol. The van der Waals surface area contributed by atoms with Gasteiger partial charge in [-0.1, -0.05) is 11.6 Å². The van der Waals surface area contributed by atoms with E-state index >= 15 is 0 Å². The molecule has 0 unspecified atom stereocenters. The van der Waals surface area contributed by atoms with Crippen molar-refractivity contribution in [2.75, 3.05) is 17.7 Å². The molecule has 0 saturated carbocycles. The molecule has 0 aliphatic heterocycles. The van der Waals surface area contributed by atoms with Crippen molar-refractivity contribution in [2.24, 2.45) is 0 Å². The van der Waals surface area contributed by atoms with Crippen LogP contribution < -0.4 is 15.4 Å². The first-order chi connectivity index (χ1) is 10.9. The number of nitrogens with one attached hydrogen (secondary N) is 2. The van der Waals surface area contributed by atoms with Crippen molar-refractivity contribution in [3.8, 4) is 11.5 Å². The Balaban J connectivity index is 2.32. The van der Waals surface area contributed by atoms with Crippen LogP contribution in [0.3, 0.4) is 0 Å². The summed E-state index contributed by atoms with van der Waals surface area (Å²) in [6, 6.07) is 8.98. The number of hydrogen-bond acceptors (Lipinski definition) is 4. The number of phenolic OH excluding ortho intramolecular Hbond substituents is 1. The Morgan fingerprint density at radius 1 is 1.13 bits per heavy atom. The minimum atomic E-state index is -0.553. The van der Waals surface area contributed by atoms with Gasteiger partial charge in [0.2, 0.25) is 5.91 Å². The van der Waals surface area contributed by atoms with Crippen LogP contribution in [0.4, 0.5) is 11.4 Å². The summed E-state index contributed by atoms with van der Waals surface area (Å²) in [5.74, 6) is -0.568. The van der Waals surface area contributed by atoms with Gasteiger partial charge < -0.3 is 20.5 Å². The lowest BCUT2D eigenvalue weighted by molar-refractivity contribution is -0.114. The molecule has 120 valence electrons. The first-order valence-electron chi connectivity index (χ1n) is 6.66. The van der Waals surface area contributed by atoms with Crippen LogP contribution in [0.1, 0.15) is 17.3 Å². The molecule has 3 N–H and O–H groups in total. The minimum Gasteiger partial charge on any atom is -0.507 e. The highest BCUT2D eigenvalue weighted by molar-refractivity contribution is 6.31. The fraction of sp³-hybridized carbons (Fsp3) is 0.125. The number of benzene rings is 2. The van der Waals surface area contributed by atoms with E-state index in [0.29, 0.717) is 22.1 Å². The molecular weight excluding hydrogens is 320 g/mol. The summed E-state index contributed by atoms with van der Waals surface area (Å²) < 4.78 is 5.18. The minimum absolute atomic E-state index is 0.0319. The lowest BCUT2D eigenvalue weighted by Gasteiger charge is -2.13. The molecule has 23 heavy (non-hydrogen) atoms. The van der Waals surface area contributed by atoms with Gasteiger partial charge in [0.05, 0.1) is 18.4 Å². The van der Waals surface area contributed by atoms with Crippen LogP contribution in [-0.2, 0) is 4.79 Å². The zero-order chi connectivity index (χ0) is 17.0. The van der Waals surface area contributed by atoms with E-state index in [4.69, 9.17) is 16.3 Å². The summed E-state index contributed by atoms with van der Waals surface area (Å²) in [4.78, 5) is 23.4. The molecular formula is C16H15ClN2O4. The van der Waals surface area contributed by atoms with Gasteiger partial charge in [-0.3, -0.25) is 9.59 Å². The highest BCUT2D eigenvalue weighted by Gasteiger charge is 2.15. The summed E-state index contributed by atoms with van der Waals surface area (Å²) >= 11 is 5.84. The third-order valence-corrected chi connectivity index (χ3v) is 3.21. The molecule has 0 aliphatic rings. The number of rotatable bonds is 4. The zero-order valence-electron chi connectivity index (χ0n) is 12.5. The Kier molecular flexibility index (Phi) is 5.08. The van der Waals surface area contributed by atoms with Crippen molar-refractivity contribution in [1.82, 2.24) is 0 Å². The molecule has 0 spiro atoms. The molecule has 0 fully saturated rings. The van der Waals surface area contributed by atoms with Crippen molar-refractivity contribution < 1.29 is 19.4 Å². The number of carbonyl (C=O) groups excluding carboxylic acids is 2. The quantitative estimate of drug-likeness (QED) is 0.800. The number of halogens is 1. The molecule has 0 bridgehead atoms. The summed E-state index contributed by atoms with van der Waals surface area (Å²) in [5.41, 5.74) is 0.886. The Hall–Kier alpha value is -2.73. The number of ether oxygens (including phenoxy) is 1. The van der Waals surface area contributed by atoms with Crippen molar-refractivity contribution in [1.29, 1.82) is 0 Å². The average Bonchev–Trinajstić information content (AvgIpc) is 2.49. The summed E-state index contributed by atoms with van der Waals surface area (Å²) in [5, 5.41) is 15.3. The van der Waals surface area contributed by atoms with Crippen LogP contribution in [0.5, 0.6) is 11.5 Å². The summed E-state index contributed by atoms with van der Waals surface area (Å²) in [7, 11) is 1.46. The topological polar surface area (TPSA) is 87.7 Å². The Labute approximate surface area is 138 Å². The predicted octanol–water partition coefficient (Wildman–Crippen LogP) is 3.26. The van der Waals surface area contributed by atoms with E-state index in [1.807, 2.05) is 0 Å². The summed E-state index contributed by atoms with van der Waals surface area (Å²) in [6.07, 6.45) is 0. The van der Waals surface area contributed by atoms with Crippen LogP contribution in [-0.4, -0.2) is 24.0 Å². The fourth-order valence-corrected chi connectivity index (χ4v) is 2.14. The molecule has 6 nitrogen and oxygen atoms in total. The predicted molar refractivity (Wildman–Crippen MR) is 88.4 cm³/mol. The lowest BCUT2D eigenvalue weighted by atomic mass is 10.1. The number of methoxy groups -OCH3 is 1. The average molecular weight is 335 g/mol. The van der Waals surface area contributed by atoms with Crippen LogP contribution in [0, 0.1) is 0 Å². The highest BCUT2D eigenvalue weighted by atomic mass is 35.5. The fourth-order valence-electron chi connectivity index (χ4n) is 1.97. The van der Waals surface area contributed by atoms with Gasteiger partial charge in [-0.05, 0) is 36.4 Å². The van der Waals surface area contributed by atoms with Gasteiger partial charge in [-0.15, -0.1) is 0 Å². The maximum absolute atomic E-state index is 12.3. The molecule has 0 aromatic heterocycles. The molecule has 2 aromatic rings. The highest BCUT2D eigenvalue weighted by Crippen LogP contribution is 2.29. The van der Waals surface area contributed by atoms with Gasteiger partial charge in [-0.25, -0.2) is 0 Å². The third kappa shape index (κ3) is 4.14. The maximum atomic E-state index is 12.3. The van der Waals surface area contributed by atoms with E-state index in [2.05, 4.69) is 10.6 Å². The Bertz CT molecular complexity index is 762. The number of aromatic hydroxyl groups is 1. The largest absolute Gasteiger partial charge is 0.507 e. The van der Waals surface area contributed by atoms with Gasteiger partial charge in [0.25, 0.3) is 5.91 Å². The first kappa shape index (κ1) is 16.6. The van der Waals surface area contributed by atoms with Crippen LogP contribution in [0.15, 0.2) is 36.4 Å². The van der Waals surface area contributed by atoms with Crippen LogP contribution in [0.2, 0.25) is 5.02 Å². The van der Waals surface area contributed by atoms with Crippen LogP contribution >= 0.6 is 11.6 Å². The van der Waals surface area contributed by atoms with Gasteiger partial charge in [-0.2, -0.15) is 0 Å². The third-order valence-electron chi connectivity index (χ3n) is 2.97. The van der Waals surface area contributed by atoms with Gasteiger partial charge in [0.1, 0.15) is 11.5 Å². The normalized spacial score (nSPS) is 10.0. The molecule has 0 radical (unpaired) electrons. The zero-order valence-corrected chi connectivity index (χ0v) is 13.3. The Morgan fingerprint density at radius 2 is 1.87 bits per heavy atom. The van der Waals surface area contributed by atoms with E-state index in [1.165, 1.54) is 32.2 Å². The van der Waals surface area contributed by atoms with E-state index in [-0.39, 0.29) is 17.2 Å². The van der Waals surface area contributed by atoms with Crippen molar-refractivity contribution in [2.45, 2.75) is 6.92 Å². The molecule has 0 saturated heterocycles. The molecule has 0 aliphatic carbocycles. The van der Waals surface area contributed by atoms with Crippen molar-refractivity contribution >= 4 is 34.8 Å². The van der Waals surface area contributed by atoms with E-state index < -0.39 is 5.91 Å². The number of amides is 2. The Morgan fingerprint density at radius 3 is 2.52 bits per heavy atom.